The predicted octanol–water partition coefficient (Wildman–Crippen LogP) is -1.53. The van der Waals surface area contributed by atoms with Gasteiger partial charge in [0.15, 0.2) is 11.4 Å². The molecular weight excluding hydrogens is 136 g/mol. The van der Waals surface area contributed by atoms with Gasteiger partial charge in [0.25, 0.3) is 0 Å². The predicted molar refractivity (Wildman–Crippen MR) is 30.9 cm³/mol. The maximum absolute atomic E-state index is 10.6. The Balaban J connectivity index is 4.40. The highest BCUT2D eigenvalue weighted by atomic mass is 16.4. The van der Waals surface area contributed by atoms with Crippen molar-refractivity contribution in [3.8, 4) is 0 Å². The van der Waals surface area contributed by atoms with Crippen LogP contribution in [0, 0.1) is 0 Å². The lowest BCUT2D eigenvalue weighted by molar-refractivity contribution is -0.320. The molecule has 0 saturated carbocycles. The van der Waals surface area contributed by atoms with Crippen LogP contribution in [0.2, 0.25) is 0 Å². The molecule has 1 N–H and O–H groups in total. The van der Waals surface area contributed by atoms with Gasteiger partial charge in [-0.25, -0.2) is 0 Å². The third kappa shape index (κ3) is 1.54. The van der Waals surface area contributed by atoms with E-state index in [1.54, 1.807) is 0 Å². The molecule has 0 heterocycles. The van der Waals surface area contributed by atoms with Gasteiger partial charge in [-0.2, -0.15) is 0 Å². The van der Waals surface area contributed by atoms with Crippen molar-refractivity contribution in [1.29, 1.82) is 0 Å². The van der Waals surface area contributed by atoms with E-state index in [0.717, 1.165) is 6.92 Å². The Hall–Kier alpha value is -0.900. The Kier molecular flexibility index (Phi) is 2.54. The summed E-state index contributed by atoms with van der Waals surface area (Å²) in [6.45, 7) is 2.38. The topological polar surface area (TPSA) is 77.4 Å². The van der Waals surface area contributed by atoms with E-state index in [0.29, 0.717) is 0 Å². The first-order valence-electron chi connectivity index (χ1n) is 2.90. The molecule has 0 aromatic heterocycles. The van der Waals surface area contributed by atoms with Gasteiger partial charge in [0.2, 0.25) is 0 Å². The maximum atomic E-state index is 10.6. The molecule has 0 spiro atoms. The van der Waals surface area contributed by atoms with E-state index >= 15 is 0 Å². The van der Waals surface area contributed by atoms with Crippen molar-refractivity contribution in [2.45, 2.75) is 25.9 Å². The summed E-state index contributed by atoms with van der Waals surface area (Å²) in [5.41, 5.74) is -2.32. The number of Topliss-reactive ketones (excluding diaryl/α,β-unsaturated/α-hetero) is 1. The number of aliphatic carboxylic acids is 1. The highest BCUT2D eigenvalue weighted by Gasteiger charge is 2.29. The molecule has 4 heteroatoms. The molecule has 4 nitrogen and oxygen atoms in total. The Morgan fingerprint density at radius 1 is 1.60 bits per heavy atom. The van der Waals surface area contributed by atoms with Crippen molar-refractivity contribution in [1.82, 2.24) is 0 Å². The van der Waals surface area contributed by atoms with Gasteiger partial charge in [-0.1, -0.05) is 6.92 Å². The van der Waals surface area contributed by atoms with E-state index in [9.17, 15) is 14.7 Å². The number of aliphatic hydroxyl groups is 1. The van der Waals surface area contributed by atoms with Gasteiger partial charge in [0, 0.05) is 6.42 Å². The second-order valence-electron chi connectivity index (χ2n) is 2.14. The second-order valence-corrected chi connectivity index (χ2v) is 2.14. The second kappa shape index (κ2) is 2.79. The standard InChI is InChI=1S/C6H10O4/c1-3-4(7)6(2,10)5(8)9/h10H,3H2,1-2H3,(H,8,9)/p-1. The zero-order chi connectivity index (χ0) is 8.36. The van der Waals surface area contributed by atoms with Crippen LogP contribution in [0.4, 0.5) is 0 Å². The molecule has 0 amide bonds. The van der Waals surface area contributed by atoms with E-state index in [2.05, 4.69) is 0 Å². The lowest BCUT2D eigenvalue weighted by Gasteiger charge is -2.21. The number of ketones is 1. The molecule has 0 aliphatic rings. The normalized spacial score (nSPS) is 15.9. The maximum Gasteiger partial charge on any atom is 0.169 e. The van der Waals surface area contributed by atoms with E-state index in [1.165, 1.54) is 6.92 Å². The first-order chi connectivity index (χ1) is 4.42. The summed E-state index contributed by atoms with van der Waals surface area (Å²) >= 11 is 0. The van der Waals surface area contributed by atoms with E-state index in [4.69, 9.17) is 5.11 Å². The number of carbonyl (C=O) groups excluding carboxylic acids is 2. The van der Waals surface area contributed by atoms with Gasteiger partial charge in [-0.05, 0) is 6.92 Å². The zero-order valence-corrected chi connectivity index (χ0v) is 5.88. The number of rotatable bonds is 3. The summed E-state index contributed by atoms with van der Waals surface area (Å²) < 4.78 is 0. The van der Waals surface area contributed by atoms with Gasteiger partial charge in [0.1, 0.15) is 0 Å². The molecule has 0 aromatic rings. The molecule has 10 heavy (non-hydrogen) atoms. The minimum atomic E-state index is -2.32. The number of carboxylic acid groups (broad SMARTS) is 1. The summed E-state index contributed by atoms with van der Waals surface area (Å²) in [5, 5.41) is 18.9. The van der Waals surface area contributed by atoms with Gasteiger partial charge in [-0.3, -0.25) is 4.79 Å². The van der Waals surface area contributed by atoms with Crippen LogP contribution in [0.1, 0.15) is 20.3 Å². The van der Waals surface area contributed by atoms with Crippen molar-refractivity contribution >= 4 is 11.8 Å². The smallest absolute Gasteiger partial charge is 0.169 e. The third-order valence-electron chi connectivity index (χ3n) is 1.26. The average molecular weight is 145 g/mol. The summed E-state index contributed by atoms with van der Waals surface area (Å²) in [4.78, 5) is 20.6. The molecule has 58 valence electrons. The fourth-order valence-electron chi connectivity index (χ4n) is 0.458. The summed E-state index contributed by atoms with van der Waals surface area (Å²) in [5.74, 6) is -2.49. The Labute approximate surface area is 58.5 Å². The van der Waals surface area contributed by atoms with Gasteiger partial charge in [-0.15, -0.1) is 0 Å². The lowest BCUT2D eigenvalue weighted by atomic mass is 10.00. The van der Waals surface area contributed by atoms with Crippen molar-refractivity contribution in [2.24, 2.45) is 0 Å². The molecule has 0 fully saturated rings. The van der Waals surface area contributed by atoms with Crippen molar-refractivity contribution in [3.05, 3.63) is 0 Å². The van der Waals surface area contributed by atoms with Crippen LogP contribution in [0.15, 0.2) is 0 Å². The largest absolute Gasteiger partial charge is 0.547 e. The Morgan fingerprint density at radius 2 is 2.00 bits per heavy atom. The van der Waals surface area contributed by atoms with Crippen LogP contribution in [-0.2, 0) is 9.59 Å². The van der Waals surface area contributed by atoms with Crippen molar-refractivity contribution < 1.29 is 19.8 Å². The minimum absolute atomic E-state index is 0.0129. The molecule has 0 saturated heterocycles. The SMILES string of the molecule is CCC(=O)C(C)(O)C(=O)[O-]. The summed E-state index contributed by atoms with van der Waals surface area (Å²) in [6, 6.07) is 0. The van der Waals surface area contributed by atoms with Gasteiger partial charge >= 0.3 is 0 Å². The van der Waals surface area contributed by atoms with Gasteiger partial charge in [0.05, 0.1) is 5.97 Å². The van der Waals surface area contributed by atoms with E-state index in [-0.39, 0.29) is 6.42 Å². The lowest BCUT2D eigenvalue weighted by Crippen LogP contribution is -2.51. The number of carbonyl (C=O) groups is 2. The van der Waals surface area contributed by atoms with Crippen LogP contribution < -0.4 is 5.11 Å². The van der Waals surface area contributed by atoms with Crippen molar-refractivity contribution in [2.75, 3.05) is 0 Å². The molecular formula is C6H9O4-. The van der Waals surface area contributed by atoms with Gasteiger partial charge < -0.3 is 15.0 Å². The Bertz CT molecular complexity index is 159. The minimum Gasteiger partial charge on any atom is -0.547 e. The fourth-order valence-corrected chi connectivity index (χ4v) is 0.458. The highest BCUT2D eigenvalue weighted by molar-refractivity contribution is 6.04. The van der Waals surface area contributed by atoms with Crippen LogP contribution in [0.3, 0.4) is 0 Å². The quantitative estimate of drug-likeness (QED) is 0.488. The molecule has 1 unspecified atom stereocenters. The van der Waals surface area contributed by atoms with E-state index in [1.807, 2.05) is 0 Å². The van der Waals surface area contributed by atoms with Crippen LogP contribution >= 0.6 is 0 Å². The van der Waals surface area contributed by atoms with Crippen molar-refractivity contribution in [3.63, 3.8) is 0 Å². The molecule has 0 aromatic carbocycles. The molecule has 0 rings (SSSR count). The molecule has 1 atom stereocenters. The highest BCUT2D eigenvalue weighted by Crippen LogP contribution is 2.05. The number of carboxylic acids is 1. The van der Waals surface area contributed by atoms with Crippen LogP contribution in [0.25, 0.3) is 0 Å². The number of hydrogen-bond acceptors (Lipinski definition) is 4. The first-order valence-corrected chi connectivity index (χ1v) is 2.90. The van der Waals surface area contributed by atoms with Crippen LogP contribution in [0.5, 0.6) is 0 Å². The average Bonchev–Trinajstić information content (AvgIpc) is 1.86. The molecule has 0 aliphatic carbocycles. The molecule has 0 aliphatic heterocycles. The van der Waals surface area contributed by atoms with E-state index < -0.39 is 17.4 Å². The molecule has 0 radical (unpaired) electrons. The molecule has 0 bridgehead atoms. The van der Waals surface area contributed by atoms with Crippen LogP contribution in [-0.4, -0.2) is 22.5 Å². The summed E-state index contributed by atoms with van der Waals surface area (Å²) in [7, 11) is 0. The fraction of sp³-hybridized carbons (Fsp3) is 0.667. The zero-order valence-electron chi connectivity index (χ0n) is 5.88. The summed E-state index contributed by atoms with van der Waals surface area (Å²) in [6.07, 6.45) is -0.0129. The Morgan fingerprint density at radius 3 is 2.10 bits per heavy atom. The monoisotopic (exact) mass is 145 g/mol. The first kappa shape index (κ1) is 9.10. The third-order valence-corrected chi connectivity index (χ3v) is 1.26. The number of hydrogen-bond donors (Lipinski definition) is 1.